The minimum absolute atomic E-state index is 0.0792. The molecule has 5 heteroatoms. The van der Waals surface area contributed by atoms with Gasteiger partial charge in [0.25, 0.3) is 5.91 Å². The van der Waals surface area contributed by atoms with Gasteiger partial charge in [-0.3, -0.25) is 4.79 Å². The molecule has 2 N–H and O–H groups in total. The third kappa shape index (κ3) is 3.10. The van der Waals surface area contributed by atoms with E-state index in [0.717, 1.165) is 31.7 Å². The van der Waals surface area contributed by atoms with Gasteiger partial charge in [-0.25, -0.2) is 0 Å². The summed E-state index contributed by atoms with van der Waals surface area (Å²) in [6.07, 6.45) is 3.85. The number of carbonyl (C=O) groups is 1. The molecule has 0 aromatic heterocycles. The number of rotatable bonds is 4. The van der Waals surface area contributed by atoms with Gasteiger partial charge in [0.2, 0.25) is 0 Å². The quantitative estimate of drug-likeness (QED) is 0.866. The lowest BCUT2D eigenvalue weighted by Gasteiger charge is -2.23. The van der Waals surface area contributed by atoms with Crippen molar-refractivity contribution in [2.75, 3.05) is 19.3 Å². The largest absolute Gasteiger partial charge is 0.481 e. The SMILES string of the molecule is CSc1ccc(OC(C)C(=O)N2CC3CCC(N)C3C2)cc1. The first-order chi connectivity index (χ1) is 10.6. The van der Waals surface area contributed by atoms with E-state index in [4.69, 9.17) is 10.5 Å². The van der Waals surface area contributed by atoms with Crippen LogP contribution in [0.1, 0.15) is 19.8 Å². The smallest absolute Gasteiger partial charge is 0.263 e. The highest BCUT2D eigenvalue weighted by atomic mass is 32.2. The summed E-state index contributed by atoms with van der Waals surface area (Å²) < 4.78 is 5.81. The zero-order chi connectivity index (χ0) is 15.7. The van der Waals surface area contributed by atoms with Gasteiger partial charge >= 0.3 is 0 Å². The molecular formula is C17H24N2O2S. The predicted molar refractivity (Wildman–Crippen MR) is 89.1 cm³/mol. The van der Waals surface area contributed by atoms with Crippen LogP contribution in [-0.4, -0.2) is 42.3 Å². The molecule has 1 saturated heterocycles. The maximum absolute atomic E-state index is 12.6. The maximum Gasteiger partial charge on any atom is 0.263 e. The predicted octanol–water partition coefficient (Wildman–Crippen LogP) is 2.37. The lowest BCUT2D eigenvalue weighted by molar-refractivity contribution is -0.137. The van der Waals surface area contributed by atoms with Crippen LogP contribution in [0, 0.1) is 11.8 Å². The second-order valence-electron chi connectivity index (χ2n) is 6.34. The Balaban J connectivity index is 1.58. The van der Waals surface area contributed by atoms with Crippen LogP contribution in [0.15, 0.2) is 29.2 Å². The fraction of sp³-hybridized carbons (Fsp3) is 0.588. The van der Waals surface area contributed by atoms with Crippen molar-refractivity contribution in [1.82, 2.24) is 4.90 Å². The maximum atomic E-state index is 12.6. The zero-order valence-corrected chi connectivity index (χ0v) is 14.0. The third-order valence-corrected chi connectivity index (χ3v) is 5.69. The van der Waals surface area contributed by atoms with Gasteiger partial charge in [-0.2, -0.15) is 0 Å². The number of nitrogens with two attached hydrogens (primary N) is 1. The molecule has 4 unspecified atom stereocenters. The molecule has 120 valence electrons. The van der Waals surface area contributed by atoms with Crippen LogP contribution >= 0.6 is 11.8 Å². The molecule has 1 saturated carbocycles. The molecule has 2 aliphatic rings. The van der Waals surface area contributed by atoms with Crippen LogP contribution in [0.5, 0.6) is 5.75 Å². The Kier molecular flexibility index (Phi) is 4.64. The Morgan fingerprint density at radius 3 is 2.68 bits per heavy atom. The molecule has 22 heavy (non-hydrogen) atoms. The van der Waals surface area contributed by atoms with Gasteiger partial charge in [0.1, 0.15) is 5.75 Å². The summed E-state index contributed by atoms with van der Waals surface area (Å²) in [6, 6.07) is 8.12. The van der Waals surface area contributed by atoms with E-state index in [1.165, 1.54) is 4.90 Å². The van der Waals surface area contributed by atoms with Gasteiger partial charge in [0.15, 0.2) is 6.10 Å². The Morgan fingerprint density at radius 1 is 1.32 bits per heavy atom. The number of hydrogen-bond acceptors (Lipinski definition) is 4. The van der Waals surface area contributed by atoms with Crippen LogP contribution in [0.3, 0.4) is 0 Å². The van der Waals surface area contributed by atoms with Crippen molar-refractivity contribution >= 4 is 17.7 Å². The summed E-state index contributed by atoms with van der Waals surface area (Å²) in [7, 11) is 0. The number of hydrogen-bond donors (Lipinski definition) is 1. The number of nitrogens with zero attached hydrogens (tertiary/aromatic N) is 1. The minimum Gasteiger partial charge on any atom is -0.481 e. The lowest BCUT2D eigenvalue weighted by Crippen LogP contribution is -2.40. The van der Waals surface area contributed by atoms with Crippen molar-refractivity contribution in [1.29, 1.82) is 0 Å². The summed E-state index contributed by atoms with van der Waals surface area (Å²) >= 11 is 1.69. The molecule has 0 spiro atoms. The summed E-state index contributed by atoms with van der Waals surface area (Å²) in [5.74, 6) is 1.90. The number of carbonyl (C=O) groups excluding carboxylic acids is 1. The van der Waals surface area contributed by atoms with Gasteiger partial charge in [-0.05, 0) is 62.1 Å². The van der Waals surface area contributed by atoms with E-state index in [2.05, 4.69) is 0 Å². The third-order valence-electron chi connectivity index (χ3n) is 4.94. The Bertz CT molecular complexity index is 534. The Hall–Kier alpha value is -1.20. The Labute approximate surface area is 136 Å². The average Bonchev–Trinajstić information content (AvgIpc) is 3.10. The van der Waals surface area contributed by atoms with Crippen LogP contribution in [0.25, 0.3) is 0 Å². The van der Waals surface area contributed by atoms with E-state index in [0.29, 0.717) is 11.8 Å². The normalized spacial score (nSPS) is 28.5. The lowest BCUT2D eigenvalue weighted by atomic mass is 9.98. The van der Waals surface area contributed by atoms with E-state index < -0.39 is 6.10 Å². The first kappa shape index (κ1) is 15.7. The van der Waals surface area contributed by atoms with Gasteiger partial charge in [-0.1, -0.05) is 0 Å². The minimum atomic E-state index is -0.449. The highest BCUT2D eigenvalue weighted by Gasteiger charge is 2.43. The number of amides is 1. The molecule has 1 heterocycles. The van der Waals surface area contributed by atoms with Crippen molar-refractivity contribution in [3.05, 3.63) is 24.3 Å². The van der Waals surface area contributed by atoms with Crippen LogP contribution < -0.4 is 10.5 Å². The number of benzene rings is 1. The number of thioether (sulfide) groups is 1. The highest BCUT2D eigenvalue weighted by molar-refractivity contribution is 7.98. The molecule has 2 fully saturated rings. The summed E-state index contributed by atoms with van der Waals surface area (Å²) in [5, 5.41) is 0. The molecule has 4 atom stereocenters. The monoisotopic (exact) mass is 320 g/mol. The highest BCUT2D eigenvalue weighted by Crippen LogP contribution is 2.37. The second kappa shape index (κ2) is 6.50. The fourth-order valence-corrected chi connectivity index (χ4v) is 4.06. The summed E-state index contributed by atoms with van der Waals surface area (Å²) in [5.41, 5.74) is 6.14. The van der Waals surface area contributed by atoms with Gasteiger partial charge in [0.05, 0.1) is 0 Å². The number of likely N-dealkylation sites (tertiary alicyclic amines) is 1. The second-order valence-corrected chi connectivity index (χ2v) is 7.22. The van der Waals surface area contributed by atoms with E-state index >= 15 is 0 Å². The van der Waals surface area contributed by atoms with Crippen LogP contribution in [-0.2, 0) is 4.79 Å². The van der Waals surface area contributed by atoms with Crippen molar-refractivity contribution in [2.45, 2.75) is 36.8 Å². The first-order valence-corrected chi connectivity index (χ1v) is 9.16. The molecule has 1 aliphatic heterocycles. The molecular weight excluding hydrogens is 296 g/mol. The summed E-state index contributed by atoms with van der Waals surface area (Å²) in [6.45, 7) is 3.47. The molecule has 0 radical (unpaired) electrons. The average molecular weight is 320 g/mol. The van der Waals surface area contributed by atoms with Gasteiger partial charge < -0.3 is 15.4 Å². The topological polar surface area (TPSA) is 55.6 Å². The van der Waals surface area contributed by atoms with E-state index in [-0.39, 0.29) is 11.9 Å². The van der Waals surface area contributed by atoms with Gasteiger partial charge in [-0.15, -0.1) is 11.8 Å². The molecule has 0 bridgehead atoms. The van der Waals surface area contributed by atoms with Crippen molar-refractivity contribution in [3.63, 3.8) is 0 Å². The molecule has 3 rings (SSSR count). The van der Waals surface area contributed by atoms with E-state index in [1.807, 2.05) is 42.3 Å². The standard InChI is InChI=1S/C17H24N2O2S/c1-11(21-13-4-6-14(22-2)7-5-13)17(20)19-9-12-3-8-16(18)15(12)10-19/h4-7,11-12,15-16H,3,8-10,18H2,1-2H3. The molecule has 1 aromatic rings. The molecule has 1 aromatic carbocycles. The van der Waals surface area contributed by atoms with Gasteiger partial charge in [0, 0.05) is 24.0 Å². The van der Waals surface area contributed by atoms with Crippen LogP contribution in [0.2, 0.25) is 0 Å². The molecule has 4 nitrogen and oxygen atoms in total. The Morgan fingerprint density at radius 2 is 2.05 bits per heavy atom. The molecule has 1 aliphatic carbocycles. The van der Waals surface area contributed by atoms with E-state index in [1.54, 1.807) is 11.8 Å². The number of fused-ring (bicyclic) bond motifs is 1. The summed E-state index contributed by atoms with van der Waals surface area (Å²) in [4.78, 5) is 15.7. The van der Waals surface area contributed by atoms with Crippen LogP contribution in [0.4, 0.5) is 0 Å². The van der Waals surface area contributed by atoms with Crippen molar-refractivity contribution in [2.24, 2.45) is 17.6 Å². The van der Waals surface area contributed by atoms with E-state index in [9.17, 15) is 4.79 Å². The first-order valence-electron chi connectivity index (χ1n) is 7.93. The molecule has 1 amide bonds. The fourth-order valence-electron chi connectivity index (χ4n) is 3.65. The van der Waals surface area contributed by atoms with Crippen molar-refractivity contribution < 1.29 is 9.53 Å². The van der Waals surface area contributed by atoms with Crippen molar-refractivity contribution in [3.8, 4) is 5.75 Å². The number of ether oxygens (including phenoxy) is 1. The zero-order valence-electron chi connectivity index (χ0n) is 13.2.